The molecule has 0 fully saturated rings. The summed E-state index contributed by atoms with van der Waals surface area (Å²) in [6.07, 6.45) is 5.35. The zero-order valence-electron chi connectivity index (χ0n) is 8.48. The highest BCUT2D eigenvalue weighted by Gasteiger charge is 2.10. The van der Waals surface area contributed by atoms with Crippen molar-refractivity contribution in [3.63, 3.8) is 0 Å². The Morgan fingerprint density at radius 2 is 2.25 bits per heavy atom. The van der Waals surface area contributed by atoms with Crippen molar-refractivity contribution in [2.24, 2.45) is 7.05 Å². The molecule has 5 nitrogen and oxygen atoms in total. The number of pyridine rings is 1. The van der Waals surface area contributed by atoms with E-state index in [1.54, 1.807) is 23.1 Å². The van der Waals surface area contributed by atoms with Crippen molar-refractivity contribution in [2.45, 2.75) is 0 Å². The summed E-state index contributed by atoms with van der Waals surface area (Å²) in [5.41, 5.74) is 2.66. The fourth-order valence-electron chi connectivity index (χ4n) is 1.65. The molecule has 16 heavy (non-hydrogen) atoms. The summed E-state index contributed by atoms with van der Waals surface area (Å²) >= 11 is 5.87. The van der Waals surface area contributed by atoms with E-state index < -0.39 is 0 Å². The summed E-state index contributed by atoms with van der Waals surface area (Å²) in [7, 11) is 1.87. The lowest BCUT2D eigenvalue weighted by Gasteiger charge is -1.92. The molecule has 0 bridgehead atoms. The third kappa shape index (κ3) is 1.37. The van der Waals surface area contributed by atoms with Gasteiger partial charge in [-0.3, -0.25) is 9.78 Å². The third-order valence-electron chi connectivity index (χ3n) is 2.39. The molecule has 0 aliphatic rings. The van der Waals surface area contributed by atoms with E-state index in [1.807, 2.05) is 13.2 Å². The van der Waals surface area contributed by atoms with Crippen molar-refractivity contribution >= 4 is 22.5 Å². The van der Waals surface area contributed by atoms with Gasteiger partial charge >= 0.3 is 0 Å². The van der Waals surface area contributed by atoms with Gasteiger partial charge in [0.05, 0.1) is 17.9 Å². The molecule has 0 atom stereocenters. The topological polar surface area (TPSA) is 59.4 Å². The zero-order chi connectivity index (χ0) is 11.1. The van der Waals surface area contributed by atoms with E-state index in [0.717, 1.165) is 22.2 Å². The van der Waals surface area contributed by atoms with Gasteiger partial charge in [-0.05, 0) is 6.07 Å². The van der Waals surface area contributed by atoms with Crippen molar-refractivity contribution in [1.29, 1.82) is 0 Å². The molecule has 0 aliphatic heterocycles. The SMILES string of the molecule is Cn1cc(-c2n[nH]c3cnc(Cl)cc23)cn1. The maximum absolute atomic E-state index is 5.87. The van der Waals surface area contributed by atoms with E-state index in [2.05, 4.69) is 20.3 Å². The van der Waals surface area contributed by atoms with Crippen molar-refractivity contribution in [2.75, 3.05) is 0 Å². The summed E-state index contributed by atoms with van der Waals surface area (Å²) in [6.45, 7) is 0. The second kappa shape index (κ2) is 3.31. The second-order valence-corrected chi connectivity index (χ2v) is 3.91. The maximum Gasteiger partial charge on any atom is 0.129 e. The zero-order valence-corrected chi connectivity index (χ0v) is 9.23. The van der Waals surface area contributed by atoms with E-state index in [9.17, 15) is 0 Å². The first-order chi connectivity index (χ1) is 7.74. The van der Waals surface area contributed by atoms with Gasteiger partial charge < -0.3 is 0 Å². The number of nitrogens with one attached hydrogen (secondary N) is 1. The van der Waals surface area contributed by atoms with Crippen LogP contribution in [-0.2, 0) is 7.05 Å². The minimum Gasteiger partial charge on any atom is -0.276 e. The average molecular weight is 234 g/mol. The fraction of sp³-hybridized carbons (Fsp3) is 0.100. The number of aromatic nitrogens is 5. The predicted octanol–water partition coefficient (Wildman–Crippen LogP) is 2.01. The molecule has 3 aromatic heterocycles. The molecule has 0 saturated carbocycles. The van der Waals surface area contributed by atoms with Crippen LogP contribution >= 0.6 is 11.6 Å². The molecular formula is C10H8ClN5. The molecule has 3 heterocycles. The highest BCUT2D eigenvalue weighted by atomic mass is 35.5. The van der Waals surface area contributed by atoms with Gasteiger partial charge in [-0.25, -0.2) is 4.98 Å². The van der Waals surface area contributed by atoms with E-state index in [1.165, 1.54) is 0 Å². The van der Waals surface area contributed by atoms with E-state index in [-0.39, 0.29) is 0 Å². The van der Waals surface area contributed by atoms with Gasteiger partial charge in [0, 0.05) is 24.2 Å². The minimum atomic E-state index is 0.457. The maximum atomic E-state index is 5.87. The standard InChI is InChI=1S/C10H8ClN5/c1-16-5-6(3-13-16)10-7-2-9(11)12-4-8(7)14-15-10/h2-5H,1H3,(H,14,15). The molecule has 0 saturated heterocycles. The molecule has 0 unspecified atom stereocenters. The Labute approximate surface area is 96.1 Å². The number of aromatic amines is 1. The molecule has 3 aromatic rings. The van der Waals surface area contributed by atoms with Crippen LogP contribution in [0.3, 0.4) is 0 Å². The average Bonchev–Trinajstić information content (AvgIpc) is 2.83. The number of H-pyrrole nitrogens is 1. The Morgan fingerprint density at radius 3 is 3.00 bits per heavy atom. The normalized spacial score (nSPS) is 11.1. The first kappa shape index (κ1) is 9.35. The molecule has 3 rings (SSSR count). The van der Waals surface area contributed by atoms with Crippen LogP contribution in [-0.4, -0.2) is 25.0 Å². The number of halogens is 1. The minimum absolute atomic E-state index is 0.457. The Balaban J connectivity index is 2.27. The molecule has 0 spiro atoms. The highest BCUT2D eigenvalue weighted by molar-refractivity contribution is 6.30. The van der Waals surface area contributed by atoms with Crippen LogP contribution in [0.2, 0.25) is 5.15 Å². The third-order valence-corrected chi connectivity index (χ3v) is 2.60. The van der Waals surface area contributed by atoms with Crippen LogP contribution in [0, 0.1) is 0 Å². The second-order valence-electron chi connectivity index (χ2n) is 3.53. The van der Waals surface area contributed by atoms with Crippen LogP contribution < -0.4 is 0 Å². The number of nitrogens with zero attached hydrogens (tertiary/aromatic N) is 4. The summed E-state index contributed by atoms with van der Waals surface area (Å²) in [4.78, 5) is 3.99. The van der Waals surface area contributed by atoms with E-state index in [4.69, 9.17) is 11.6 Å². The van der Waals surface area contributed by atoms with Gasteiger partial charge in [-0.1, -0.05) is 11.6 Å². The van der Waals surface area contributed by atoms with Crippen molar-refractivity contribution < 1.29 is 0 Å². The summed E-state index contributed by atoms with van der Waals surface area (Å²) in [5, 5.41) is 12.7. The summed E-state index contributed by atoms with van der Waals surface area (Å²) in [6, 6.07) is 1.79. The highest BCUT2D eigenvalue weighted by Crippen LogP contribution is 2.26. The Bertz CT molecular complexity index is 654. The van der Waals surface area contributed by atoms with Gasteiger partial charge in [0.2, 0.25) is 0 Å². The smallest absolute Gasteiger partial charge is 0.129 e. The van der Waals surface area contributed by atoms with Gasteiger partial charge in [0.1, 0.15) is 10.8 Å². The van der Waals surface area contributed by atoms with Crippen LogP contribution in [0.15, 0.2) is 24.7 Å². The summed E-state index contributed by atoms with van der Waals surface area (Å²) in [5.74, 6) is 0. The molecule has 80 valence electrons. The number of aryl methyl sites for hydroxylation is 1. The quantitative estimate of drug-likeness (QED) is 0.654. The van der Waals surface area contributed by atoms with Crippen LogP contribution in [0.4, 0.5) is 0 Å². The van der Waals surface area contributed by atoms with Gasteiger partial charge in [-0.2, -0.15) is 10.2 Å². The molecule has 6 heteroatoms. The Hall–Kier alpha value is -1.88. The fourth-order valence-corrected chi connectivity index (χ4v) is 1.81. The van der Waals surface area contributed by atoms with Crippen LogP contribution in [0.25, 0.3) is 22.2 Å². The van der Waals surface area contributed by atoms with Crippen molar-refractivity contribution in [3.05, 3.63) is 29.8 Å². The Morgan fingerprint density at radius 1 is 1.38 bits per heavy atom. The van der Waals surface area contributed by atoms with Gasteiger partial charge in [-0.15, -0.1) is 0 Å². The molecule has 0 aliphatic carbocycles. The van der Waals surface area contributed by atoms with Gasteiger partial charge in [0.15, 0.2) is 0 Å². The molecular weight excluding hydrogens is 226 g/mol. The first-order valence-electron chi connectivity index (χ1n) is 4.72. The number of hydrogen-bond donors (Lipinski definition) is 1. The first-order valence-corrected chi connectivity index (χ1v) is 5.10. The van der Waals surface area contributed by atoms with E-state index in [0.29, 0.717) is 5.15 Å². The largest absolute Gasteiger partial charge is 0.276 e. The number of rotatable bonds is 1. The number of fused-ring (bicyclic) bond motifs is 1. The van der Waals surface area contributed by atoms with E-state index >= 15 is 0 Å². The Kier molecular flexibility index (Phi) is 1.94. The number of hydrogen-bond acceptors (Lipinski definition) is 3. The van der Waals surface area contributed by atoms with Crippen LogP contribution in [0.5, 0.6) is 0 Å². The lowest BCUT2D eigenvalue weighted by atomic mass is 10.2. The summed E-state index contributed by atoms with van der Waals surface area (Å²) < 4.78 is 1.73. The lowest BCUT2D eigenvalue weighted by Crippen LogP contribution is -1.84. The molecule has 0 aromatic carbocycles. The van der Waals surface area contributed by atoms with Crippen LogP contribution in [0.1, 0.15) is 0 Å². The van der Waals surface area contributed by atoms with Crippen molar-refractivity contribution in [3.8, 4) is 11.3 Å². The monoisotopic (exact) mass is 233 g/mol. The molecule has 1 N–H and O–H groups in total. The molecule has 0 radical (unpaired) electrons. The van der Waals surface area contributed by atoms with Gasteiger partial charge in [0.25, 0.3) is 0 Å². The lowest BCUT2D eigenvalue weighted by molar-refractivity contribution is 0.768. The van der Waals surface area contributed by atoms with Crippen molar-refractivity contribution in [1.82, 2.24) is 25.0 Å². The predicted molar refractivity (Wildman–Crippen MR) is 61.1 cm³/mol. The molecule has 0 amide bonds.